The minimum absolute atomic E-state index is 0.303. The first kappa shape index (κ1) is 18.7. The van der Waals surface area contributed by atoms with E-state index in [2.05, 4.69) is 30.5 Å². The lowest BCUT2D eigenvalue weighted by atomic mass is 10.3. The molecular formula is C18H19ClN6O2S. The van der Waals surface area contributed by atoms with Gasteiger partial charge in [0.15, 0.2) is 0 Å². The highest BCUT2D eigenvalue weighted by molar-refractivity contribution is 7.18. The van der Waals surface area contributed by atoms with Crippen molar-refractivity contribution in [2.45, 2.75) is 19.8 Å². The van der Waals surface area contributed by atoms with Crippen molar-refractivity contribution in [3.05, 3.63) is 28.5 Å². The van der Waals surface area contributed by atoms with Gasteiger partial charge in [-0.2, -0.15) is 0 Å². The van der Waals surface area contributed by atoms with E-state index in [9.17, 15) is 4.79 Å². The fourth-order valence-corrected chi connectivity index (χ4v) is 4.26. The second-order valence-corrected chi connectivity index (χ2v) is 7.98. The van der Waals surface area contributed by atoms with E-state index in [0.29, 0.717) is 22.3 Å². The Labute approximate surface area is 170 Å². The van der Waals surface area contributed by atoms with Crippen LogP contribution in [-0.4, -0.2) is 41.2 Å². The summed E-state index contributed by atoms with van der Waals surface area (Å²) in [5.74, 6) is 0.303. The Bertz CT molecular complexity index is 1030. The first-order valence-corrected chi connectivity index (χ1v) is 10.0. The molecule has 1 aliphatic rings. The monoisotopic (exact) mass is 418 g/mol. The van der Waals surface area contributed by atoms with Crippen LogP contribution in [0.5, 0.6) is 5.88 Å². The topological polar surface area (TPSA) is 92.3 Å². The molecule has 3 aromatic rings. The van der Waals surface area contributed by atoms with Crippen LogP contribution in [0.3, 0.4) is 0 Å². The summed E-state index contributed by atoms with van der Waals surface area (Å²) in [6, 6.07) is 1.18. The molecule has 1 fully saturated rings. The van der Waals surface area contributed by atoms with Crippen molar-refractivity contribution in [3.63, 3.8) is 0 Å². The SMILES string of the molecule is COc1ncc(NC(=O)Nc2cnc3sc(C)nc3c2N2CCCC2)cc1Cl. The number of hydrogen-bond acceptors (Lipinski definition) is 7. The van der Waals surface area contributed by atoms with E-state index in [-0.39, 0.29) is 0 Å². The average Bonchev–Trinajstić information content (AvgIpc) is 3.30. The second-order valence-electron chi connectivity index (χ2n) is 6.40. The lowest BCUT2D eigenvalue weighted by molar-refractivity contribution is 0.262. The molecule has 0 aromatic carbocycles. The number of methoxy groups -OCH3 is 1. The first-order chi connectivity index (χ1) is 13.5. The average molecular weight is 419 g/mol. The maximum absolute atomic E-state index is 12.6. The van der Waals surface area contributed by atoms with Crippen LogP contribution in [0.15, 0.2) is 18.5 Å². The zero-order valence-electron chi connectivity index (χ0n) is 15.5. The van der Waals surface area contributed by atoms with E-state index in [4.69, 9.17) is 16.3 Å². The third-order valence-corrected chi connectivity index (χ3v) is 5.59. The Morgan fingerprint density at radius 1 is 1.25 bits per heavy atom. The summed E-state index contributed by atoms with van der Waals surface area (Å²) >= 11 is 7.62. The molecule has 28 heavy (non-hydrogen) atoms. The molecule has 0 atom stereocenters. The summed E-state index contributed by atoms with van der Waals surface area (Å²) in [6.07, 6.45) is 5.41. The van der Waals surface area contributed by atoms with Crippen LogP contribution >= 0.6 is 22.9 Å². The Balaban J connectivity index is 1.61. The van der Waals surface area contributed by atoms with Crippen LogP contribution in [0.4, 0.5) is 21.9 Å². The number of carbonyl (C=O) groups is 1. The van der Waals surface area contributed by atoms with E-state index < -0.39 is 6.03 Å². The summed E-state index contributed by atoms with van der Waals surface area (Å²) in [6.45, 7) is 3.83. The van der Waals surface area contributed by atoms with E-state index in [1.54, 1.807) is 23.6 Å². The number of hydrogen-bond donors (Lipinski definition) is 2. The van der Waals surface area contributed by atoms with Crippen LogP contribution in [0, 0.1) is 6.92 Å². The Hall–Kier alpha value is -2.65. The normalized spacial score (nSPS) is 13.8. The number of aromatic nitrogens is 3. The van der Waals surface area contributed by atoms with Gasteiger partial charge in [-0.3, -0.25) is 0 Å². The lowest BCUT2D eigenvalue weighted by Crippen LogP contribution is -2.24. The van der Waals surface area contributed by atoms with Gasteiger partial charge in [0.05, 0.1) is 41.6 Å². The molecule has 2 amide bonds. The third kappa shape index (κ3) is 3.67. The largest absolute Gasteiger partial charge is 0.480 e. The zero-order chi connectivity index (χ0) is 19.7. The van der Waals surface area contributed by atoms with Gasteiger partial charge >= 0.3 is 6.03 Å². The number of thiazole rings is 1. The number of urea groups is 1. The second kappa shape index (κ2) is 7.76. The predicted molar refractivity (Wildman–Crippen MR) is 112 cm³/mol. The molecule has 0 bridgehead atoms. The Morgan fingerprint density at radius 3 is 2.75 bits per heavy atom. The van der Waals surface area contributed by atoms with E-state index >= 15 is 0 Å². The number of carbonyl (C=O) groups excluding carboxylic acids is 1. The van der Waals surface area contributed by atoms with Crippen molar-refractivity contribution in [2.24, 2.45) is 0 Å². The molecule has 10 heteroatoms. The molecule has 1 saturated heterocycles. The fourth-order valence-electron chi connectivity index (χ4n) is 3.25. The van der Waals surface area contributed by atoms with Gasteiger partial charge in [-0.15, -0.1) is 0 Å². The van der Waals surface area contributed by atoms with Gasteiger partial charge in [-0.1, -0.05) is 22.9 Å². The number of amides is 2. The molecule has 0 saturated carbocycles. The summed E-state index contributed by atoms with van der Waals surface area (Å²) in [7, 11) is 1.48. The summed E-state index contributed by atoms with van der Waals surface area (Å²) in [4.78, 5) is 28.9. The van der Waals surface area contributed by atoms with Crippen molar-refractivity contribution in [1.29, 1.82) is 0 Å². The summed E-state index contributed by atoms with van der Waals surface area (Å²) in [5.41, 5.74) is 2.85. The van der Waals surface area contributed by atoms with Crippen LogP contribution < -0.4 is 20.3 Å². The molecule has 146 valence electrons. The zero-order valence-corrected chi connectivity index (χ0v) is 17.0. The summed E-state index contributed by atoms with van der Waals surface area (Å²) < 4.78 is 5.03. The first-order valence-electron chi connectivity index (χ1n) is 8.84. The molecule has 8 nitrogen and oxygen atoms in total. The van der Waals surface area contributed by atoms with Gasteiger partial charge in [-0.25, -0.2) is 19.7 Å². The number of nitrogens with zero attached hydrogens (tertiary/aromatic N) is 4. The van der Waals surface area contributed by atoms with Crippen molar-refractivity contribution in [3.8, 4) is 5.88 Å². The smallest absolute Gasteiger partial charge is 0.323 e. The van der Waals surface area contributed by atoms with Crippen molar-refractivity contribution in [2.75, 3.05) is 35.7 Å². The van der Waals surface area contributed by atoms with E-state index in [1.807, 2.05) is 6.92 Å². The molecule has 0 aliphatic carbocycles. The van der Waals surface area contributed by atoms with Crippen LogP contribution in [-0.2, 0) is 0 Å². The molecule has 2 N–H and O–H groups in total. The van der Waals surface area contributed by atoms with Gasteiger partial charge in [0.1, 0.15) is 15.4 Å². The minimum Gasteiger partial charge on any atom is -0.480 e. The summed E-state index contributed by atoms with van der Waals surface area (Å²) in [5, 5.41) is 6.90. The maximum Gasteiger partial charge on any atom is 0.323 e. The highest BCUT2D eigenvalue weighted by atomic mass is 35.5. The third-order valence-electron chi connectivity index (χ3n) is 4.44. The van der Waals surface area contributed by atoms with Crippen molar-refractivity contribution < 1.29 is 9.53 Å². The van der Waals surface area contributed by atoms with Gasteiger partial charge in [-0.05, 0) is 25.8 Å². The molecule has 4 heterocycles. The predicted octanol–water partition coefficient (Wildman–Crippen LogP) is 4.30. The molecule has 0 spiro atoms. The number of ether oxygens (including phenoxy) is 1. The number of aryl methyl sites for hydroxylation is 1. The molecule has 0 unspecified atom stereocenters. The highest BCUT2D eigenvalue weighted by Crippen LogP contribution is 2.37. The van der Waals surface area contributed by atoms with Crippen molar-refractivity contribution >= 4 is 56.4 Å². The quantitative estimate of drug-likeness (QED) is 0.656. The Morgan fingerprint density at radius 2 is 2.04 bits per heavy atom. The number of fused-ring (bicyclic) bond motifs is 1. The lowest BCUT2D eigenvalue weighted by Gasteiger charge is -2.21. The number of nitrogens with one attached hydrogen (secondary N) is 2. The molecule has 3 aromatic heterocycles. The number of rotatable bonds is 4. The van der Waals surface area contributed by atoms with Gasteiger partial charge in [0.25, 0.3) is 0 Å². The number of anilines is 3. The maximum atomic E-state index is 12.6. The van der Waals surface area contributed by atoms with Crippen LogP contribution in [0.25, 0.3) is 10.3 Å². The van der Waals surface area contributed by atoms with E-state index in [1.165, 1.54) is 13.3 Å². The fraction of sp³-hybridized carbons (Fsp3) is 0.333. The minimum atomic E-state index is -0.406. The molecule has 4 rings (SSSR count). The molecule has 1 aliphatic heterocycles. The van der Waals surface area contributed by atoms with Crippen molar-refractivity contribution in [1.82, 2.24) is 15.0 Å². The van der Waals surface area contributed by atoms with E-state index in [0.717, 1.165) is 47.0 Å². The van der Waals surface area contributed by atoms with Crippen LogP contribution in [0.1, 0.15) is 17.8 Å². The van der Waals surface area contributed by atoms with Gasteiger partial charge < -0.3 is 20.3 Å². The number of halogens is 1. The standard InChI is InChI=1S/C18H19ClN6O2S/c1-10-22-14-15(25-5-3-4-6-25)13(9-21-17(14)28-10)24-18(26)23-11-7-12(19)16(27-2)20-8-11/h7-9H,3-6H2,1-2H3,(H2,23,24,26). The number of pyridine rings is 2. The Kier molecular flexibility index (Phi) is 5.19. The highest BCUT2D eigenvalue weighted by Gasteiger charge is 2.22. The molecule has 0 radical (unpaired) electrons. The van der Waals surface area contributed by atoms with Gasteiger partial charge in [0.2, 0.25) is 5.88 Å². The molecular weight excluding hydrogens is 400 g/mol. The van der Waals surface area contributed by atoms with Gasteiger partial charge in [0, 0.05) is 13.1 Å². The van der Waals surface area contributed by atoms with Crippen LogP contribution in [0.2, 0.25) is 5.02 Å².